The van der Waals surface area contributed by atoms with Crippen molar-refractivity contribution in [1.82, 2.24) is 25.5 Å². The van der Waals surface area contributed by atoms with Crippen LogP contribution in [0.5, 0.6) is 0 Å². The van der Waals surface area contributed by atoms with Crippen molar-refractivity contribution in [3.63, 3.8) is 0 Å². The number of hydrogen-bond donors (Lipinski definition) is 2. The molecule has 1 aromatic heterocycles. The van der Waals surface area contributed by atoms with Gasteiger partial charge in [-0.1, -0.05) is 0 Å². The lowest BCUT2D eigenvalue weighted by Gasteiger charge is -2.20. The lowest BCUT2D eigenvalue weighted by Crippen LogP contribution is -2.31. The Morgan fingerprint density at radius 2 is 2.29 bits per heavy atom. The highest BCUT2D eigenvalue weighted by atomic mass is 16.3. The van der Waals surface area contributed by atoms with Gasteiger partial charge in [-0.3, -0.25) is 0 Å². The molecule has 0 saturated carbocycles. The van der Waals surface area contributed by atoms with Gasteiger partial charge in [0.15, 0.2) is 5.82 Å². The zero-order valence-corrected chi connectivity index (χ0v) is 8.86. The molecule has 0 spiro atoms. The van der Waals surface area contributed by atoms with Gasteiger partial charge in [-0.15, -0.1) is 10.2 Å². The summed E-state index contributed by atoms with van der Waals surface area (Å²) in [7, 11) is 3.56. The molecule has 0 amide bonds. The van der Waals surface area contributed by atoms with Crippen LogP contribution in [0.2, 0.25) is 0 Å². The monoisotopic (exact) mass is 199 g/mol. The number of nitrogens with zero attached hydrogens (tertiary/aromatic N) is 4. The molecule has 1 unspecified atom stereocenters. The molecule has 6 heteroatoms. The third-order valence-corrected chi connectivity index (χ3v) is 2.00. The van der Waals surface area contributed by atoms with Gasteiger partial charge in [0.05, 0.1) is 12.6 Å². The first-order valence-electron chi connectivity index (χ1n) is 4.63. The van der Waals surface area contributed by atoms with Gasteiger partial charge >= 0.3 is 0 Å². The molecule has 1 rings (SSSR count). The average Bonchev–Trinajstić information content (AvgIpc) is 2.47. The maximum absolute atomic E-state index is 9.95. The summed E-state index contributed by atoms with van der Waals surface area (Å²) >= 11 is 0. The second kappa shape index (κ2) is 4.47. The van der Waals surface area contributed by atoms with Crippen molar-refractivity contribution in [1.29, 1.82) is 0 Å². The number of aliphatic hydroxyl groups is 1. The molecule has 80 valence electrons. The van der Waals surface area contributed by atoms with E-state index in [0.717, 1.165) is 6.54 Å². The molecular weight excluding hydrogens is 182 g/mol. The highest BCUT2D eigenvalue weighted by molar-refractivity contribution is 4.88. The van der Waals surface area contributed by atoms with Crippen LogP contribution in [-0.2, 0) is 13.5 Å². The molecule has 1 aromatic rings. The van der Waals surface area contributed by atoms with Crippen LogP contribution < -0.4 is 5.32 Å². The Labute approximate surface area is 83.3 Å². The molecular formula is C8H17N5O. The van der Waals surface area contributed by atoms with E-state index in [1.54, 1.807) is 14.0 Å². The number of rotatable bonds is 5. The van der Waals surface area contributed by atoms with Gasteiger partial charge in [-0.05, 0) is 32.2 Å². The average molecular weight is 199 g/mol. The van der Waals surface area contributed by atoms with Gasteiger partial charge in [-0.2, -0.15) is 4.80 Å². The van der Waals surface area contributed by atoms with E-state index in [4.69, 9.17) is 0 Å². The summed E-state index contributed by atoms with van der Waals surface area (Å²) in [4.78, 5) is 1.39. The van der Waals surface area contributed by atoms with Crippen molar-refractivity contribution in [3.8, 4) is 0 Å². The molecule has 2 N–H and O–H groups in total. The number of aromatic nitrogens is 4. The predicted octanol–water partition coefficient (Wildman–Crippen LogP) is -0.887. The molecule has 0 aliphatic carbocycles. The largest absolute Gasteiger partial charge is 0.390 e. The Morgan fingerprint density at radius 1 is 1.57 bits per heavy atom. The van der Waals surface area contributed by atoms with Crippen LogP contribution in [0.15, 0.2) is 0 Å². The maximum Gasteiger partial charge on any atom is 0.177 e. The van der Waals surface area contributed by atoms with Crippen molar-refractivity contribution in [3.05, 3.63) is 5.82 Å². The summed E-state index contributed by atoms with van der Waals surface area (Å²) < 4.78 is 0. The van der Waals surface area contributed by atoms with Crippen molar-refractivity contribution in [2.75, 3.05) is 13.6 Å². The van der Waals surface area contributed by atoms with E-state index in [9.17, 15) is 5.11 Å². The number of aryl methyl sites for hydroxylation is 1. The fourth-order valence-corrected chi connectivity index (χ4v) is 1.22. The van der Waals surface area contributed by atoms with Crippen molar-refractivity contribution >= 4 is 0 Å². The molecule has 0 bridgehead atoms. The SMILES string of the molecule is CNCCC(C)(O)Cc1nnn(C)n1. The first-order valence-corrected chi connectivity index (χ1v) is 4.63. The summed E-state index contributed by atoms with van der Waals surface area (Å²) in [5.41, 5.74) is -0.772. The fourth-order valence-electron chi connectivity index (χ4n) is 1.22. The quantitative estimate of drug-likeness (QED) is 0.643. The minimum atomic E-state index is -0.772. The number of nitrogens with one attached hydrogen (secondary N) is 1. The fraction of sp³-hybridized carbons (Fsp3) is 0.875. The Morgan fingerprint density at radius 3 is 2.79 bits per heavy atom. The van der Waals surface area contributed by atoms with Crippen molar-refractivity contribution < 1.29 is 5.11 Å². The minimum absolute atomic E-state index is 0.433. The second-order valence-corrected chi connectivity index (χ2v) is 3.72. The molecule has 14 heavy (non-hydrogen) atoms. The van der Waals surface area contributed by atoms with Crippen LogP contribution in [-0.4, -0.2) is 44.5 Å². The standard InChI is InChI=1S/C8H17N5O/c1-8(14,4-5-9-2)6-7-10-12-13(3)11-7/h9,14H,4-6H2,1-3H3. The molecule has 6 nitrogen and oxygen atoms in total. The van der Waals surface area contributed by atoms with E-state index in [2.05, 4.69) is 20.7 Å². The van der Waals surface area contributed by atoms with Crippen molar-refractivity contribution in [2.45, 2.75) is 25.4 Å². The Bertz CT molecular complexity index is 283. The van der Waals surface area contributed by atoms with E-state index in [-0.39, 0.29) is 0 Å². The molecule has 0 aromatic carbocycles. The Kier molecular flexibility index (Phi) is 3.54. The number of tetrazole rings is 1. The topological polar surface area (TPSA) is 75.9 Å². The summed E-state index contributed by atoms with van der Waals surface area (Å²) in [5.74, 6) is 0.577. The molecule has 1 atom stereocenters. The van der Waals surface area contributed by atoms with Crippen LogP contribution in [0.25, 0.3) is 0 Å². The van der Waals surface area contributed by atoms with E-state index in [1.807, 2.05) is 7.05 Å². The normalized spacial score (nSPS) is 15.4. The Hall–Kier alpha value is -1.01. The molecule has 0 saturated heterocycles. The zero-order valence-electron chi connectivity index (χ0n) is 8.86. The zero-order chi connectivity index (χ0) is 10.6. The number of hydrogen-bond acceptors (Lipinski definition) is 5. The van der Waals surface area contributed by atoms with Gasteiger partial charge in [0.1, 0.15) is 0 Å². The van der Waals surface area contributed by atoms with E-state index >= 15 is 0 Å². The maximum atomic E-state index is 9.95. The van der Waals surface area contributed by atoms with Gasteiger partial charge in [0.25, 0.3) is 0 Å². The third-order valence-electron chi connectivity index (χ3n) is 2.00. The van der Waals surface area contributed by atoms with Crippen molar-refractivity contribution in [2.24, 2.45) is 7.05 Å². The van der Waals surface area contributed by atoms with Gasteiger partial charge in [-0.25, -0.2) is 0 Å². The van der Waals surface area contributed by atoms with Crippen LogP contribution >= 0.6 is 0 Å². The summed E-state index contributed by atoms with van der Waals surface area (Å²) in [5, 5.41) is 24.5. The predicted molar refractivity (Wildman–Crippen MR) is 51.7 cm³/mol. The smallest absolute Gasteiger partial charge is 0.177 e. The molecule has 0 aliphatic heterocycles. The molecule has 1 heterocycles. The Balaban J connectivity index is 2.49. The molecule has 0 radical (unpaired) electrons. The van der Waals surface area contributed by atoms with Gasteiger partial charge in [0, 0.05) is 6.42 Å². The highest BCUT2D eigenvalue weighted by Crippen LogP contribution is 2.12. The summed E-state index contributed by atoms with van der Waals surface area (Å²) in [6.45, 7) is 2.55. The lowest BCUT2D eigenvalue weighted by atomic mass is 9.98. The highest BCUT2D eigenvalue weighted by Gasteiger charge is 2.22. The minimum Gasteiger partial charge on any atom is -0.390 e. The third kappa shape index (κ3) is 3.39. The first-order chi connectivity index (χ1) is 6.53. The summed E-state index contributed by atoms with van der Waals surface area (Å²) in [6.07, 6.45) is 1.10. The van der Waals surface area contributed by atoms with Crippen LogP contribution in [0, 0.1) is 0 Å². The van der Waals surface area contributed by atoms with Crippen LogP contribution in [0.3, 0.4) is 0 Å². The van der Waals surface area contributed by atoms with E-state index < -0.39 is 5.60 Å². The van der Waals surface area contributed by atoms with Crippen LogP contribution in [0.1, 0.15) is 19.2 Å². The van der Waals surface area contributed by atoms with E-state index in [0.29, 0.717) is 18.7 Å². The van der Waals surface area contributed by atoms with Gasteiger partial charge < -0.3 is 10.4 Å². The second-order valence-electron chi connectivity index (χ2n) is 3.72. The summed E-state index contributed by atoms with van der Waals surface area (Å²) in [6, 6.07) is 0. The molecule has 0 fully saturated rings. The van der Waals surface area contributed by atoms with Crippen LogP contribution in [0.4, 0.5) is 0 Å². The molecule has 0 aliphatic rings. The lowest BCUT2D eigenvalue weighted by molar-refractivity contribution is 0.0500. The van der Waals surface area contributed by atoms with E-state index in [1.165, 1.54) is 4.80 Å². The van der Waals surface area contributed by atoms with Gasteiger partial charge in [0.2, 0.25) is 0 Å². The first kappa shape index (κ1) is 11.1.